The van der Waals surface area contributed by atoms with Gasteiger partial charge in [0.1, 0.15) is 11.0 Å². The summed E-state index contributed by atoms with van der Waals surface area (Å²) in [5.74, 6) is 0.387. The Morgan fingerprint density at radius 3 is 2.50 bits per heavy atom. The van der Waals surface area contributed by atoms with E-state index in [0.717, 1.165) is 5.75 Å². The fraction of sp³-hybridized carbons (Fsp3) is 0.562. The third kappa shape index (κ3) is 6.05. The predicted molar refractivity (Wildman–Crippen MR) is 87.8 cm³/mol. The van der Waals surface area contributed by atoms with Gasteiger partial charge in [-0.15, -0.1) is 0 Å². The van der Waals surface area contributed by atoms with Gasteiger partial charge in [0, 0.05) is 6.54 Å². The zero-order valence-electron chi connectivity index (χ0n) is 13.5. The Kier molecular flexibility index (Phi) is 7.38. The second-order valence-electron chi connectivity index (χ2n) is 5.32. The summed E-state index contributed by atoms with van der Waals surface area (Å²) in [6, 6.07) is 7.73. The summed E-state index contributed by atoms with van der Waals surface area (Å²) >= 11 is 0. The Labute approximate surface area is 133 Å². The Balaban J connectivity index is 2.26. The molecule has 1 aromatic rings. The molecule has 5 nitrogen and oxygen atoms in total. The first-order valence-electron chi connectivity index (χ1n) is 7.55. The fourth-order valence-electron chi connectivity index (χ4n) is 1.88. The van der Waals surface area contributed by atoms with Gasteiger partial charge in [0.25, 0.3) is 0 Å². The number of benzene rings is 1. The van der Waals surface area contributed by atoms with Crippen molar-refractivity contribution in [3.63, 3.8) is 0 Å². The molecule has 124 valence electrons. The second-order valence-corrected chi connectivity index (χ2v) is 7.76. The van der Waals surface area contributed by atoms with Gasteiger partial charge in [0.05, 0.1) is 12.4 Å². The molecule has 0 aliphatic rings. The van der Waals surface area contributed by atoms with Crippen LogP contribution in [0.1, 0.15) is 32.3 Å². The number of rotatable bonds is 9. The van der Waals surface area contributed by atoms with Crippen LogP contribution >= 0.6 is 0 Å². The number of sulfone groups is 1. The van der Waals surface area contributed by atoms with E-state index >= 15 is 0 Å². The van der Waals surface area contributed by atoms with E-state index in [1.807, 2.05) is 31.2 Å². The molecule has 0 aliphatic heterocycles. The van der Waals surface area contributed by atoms with E-state index in [-0.39, 0.29) is 5.75 Å². The molecular formula is C16H25NO4S. The number of ether oxygens (including phenoxy) is 1. The Hall–Kier alpha value is -1.56. The number of amides is 1. The molecule has 0 saturated heterocycles. The van der Waals surface area contributed by atoms with Gasteiger partial charge in [-0.05, 0) is 38.8 Å². The molecule has 0 saturated carbocycles. The highest BCUT2D eigenvalue weighted by molar-refractivity contribution is 7.92. The van der Waals surface area contributed by atoms with Crippen molar-refractivity contribution in [2.75, 3.05) is 18.9 Å². The highest BCUT2D eigenvalue weighted by atomic mass is 32.2. The molecule has 0 aromatic heterocycles. The van der Waals surface area contributed by atoms with Gasteiger partial charge in [0.2, 0.25) is 5.91 Å². The first-order valence-corrected chi connectivity index (χ1v) is 9.27. The lowest BCUT2D eigenvalue weighted by molar-refractivity contribution is -0.120. The van der Waals surface area contributed by atoms with Gasteiger partial charge >= 0.3 is 0 Å². The maximum Gasteiger partial charge on any atom is 0.238 e. The van der Waals surface area contributed by atoms with E-state index in [9.17, 15) is 13.2 Å². The van der Waals surface area contributed by atoms with Crippen LogP contribution in [0.4, 0.5) is 0 Å². The Morgan fingerprint density at radius 1 is 1.27 bits per heavy atom. The predicted octanol–water partition coefficient (Wildman–Crippen LogP) is 2.09. The van der Waals surface area contributed by atoms with Gasteiger partial charge in [-0.3, -0.25) is 4.79 Å². The highest BCUT2D eigenvalue weighted by Gasteiger charge is 2.26. The van der Waals surface area contributed by atoms with Gasteiger partial charge < -0.3 is 10.1 Å². The normalized spacial score (nSPS) is 12.7. The number of carbonyl (C=O) groups excluding carboxylic acids is 1. The van der Waals surface area contributed by atoms with Crippen LogP contribution in [0.25, 0.3) is 0 Å². The Morgan fingerprint density at radius 2 is 1.91 bits per heavy atom. The average Bonchev–Trinajstić information content (AvgIpc) is 2.47. The molecule has 1 N–H and O–H groups in total. The van der Waals surface area contributed by atoms with Crippen LogP contribution in [-0.2, 0) is 14.6 Å². The van der Waals surface area contributed by atoms with Gasteiger partial charge in [-0.1, -0.05) is 24.6 Å². The van der Waals surface area contributed by atoms with Crippen LogP contribution in [0.5, 0.6) is 5.75 Å². The van der Waals surface area contributed by atoms with Crippen LogP contribution in [0.3, 0.4) is 0 Å². The first kappa shape index (κ1) is 18.5. The van der Waals surface area contributed by atoms with Gasteiger partial charge in [-0.2, -0.15) is 0 Å². The zero-order valence-corrected chi connectivity index (χ0v) is 14.3. The summed E-state index contributed by atoms with van der Waals surface area (Å²) in [4.78, 5) is 11.8. The number of hydrogen-bond donors (Lipinski definition) is 1. The molecule has 0 spiro atoms. The van der Waals surface area contributed by atoms with Gasteiger partial charge in [0.15, 0.2) is 9.84 Å². The average molecular weight is 327 g/mol. The van der Waals surface area contributed by atoms with Crippen LogP contribution in [-0.4, -0.2) is 38.5 Å². The monoisotopic (exact) mass is 327 g/mol. The molecule has 0 fully saturated rings. The van der Waals surface area contributed by atoms with E-state index in [4.69, 9.17) is 4.74 Å². The molecule has 0 heterocycles. The largest absolute Gasteiger partial charge is 0.494 e. The summed E-state index contributed by atoms with van der Waals surface area (Å²) in [5, 5.41) is 1.65. The Bertz CT molecular complexity index is 566. The minimum Gasteiger partial charge on any atom is -0.494 e. The molecule has 0 radical (unpaired) electrons. The van der Waals surface area contributed by atoms with E-state index in [1.165, 1.54) is 12.5 Å². The molecule has 1 atom stereocenters. The molecule has 1 aromatic carbocycles. The van der Waals surface area contributed by atoms with Crippen molar-refractivity contribution in [1.82, 2.24) is 5.32 Å². The summed E-state index contributed by atoms with van der Waals surface area (Å²) < 4.78 is 29.1. The van der Waals surface area contributed by atoms with Crippen molar-refractivity contribution >= 4 is 15.7 Å². The summed E-state index contributed by atoms with van der Waals surface area (Å²) in [6.45, 7) is 6.09. The summed E-state index contributed by atoms with van der Waals surface area (Å²) in [5.41, 5.74) is 1.17. The van der Waals surface area contributed by atoms with Crippen molar-refractivity contribution in [3.05, 3.63) is 29.8 Å². The number of aryl methyl sites for hydroxylation is 1. The first-order chi connectivity index (χ1) is 10.4. The maximum absolute atomic E-state index is 11.8. The summed E-state index contributed by atoms with van der Waals surface area (Å²) in [7, 11) is -3.34. The molecule has 22 heavy (non-hydrogen) atoms. The number of nitrogens with one attached hydrogen (secondary N) is 1. The van der Waals surface area contributed by atoms with Crippen molar-refractivity contribution in [2.45, 2.75) is 38.9 Å². The lowest BCUT2D eigenvalue weighted by Crippen LogP contribution is -2.39. The van der Waals surface area contributed by atoms with E-state index < -0.39 is 21.0 Å². The molecule has 0 bridgehead atoms. The molecule has 1 rings (SSSR count). The third-order valence-electron chi connectivity index (χ3n) is 3.31. The van der Waals surface area contributed by atoms with Crippen LogP contribution in [0.15, 0.2) is 24.3 Å². The fourth-order valence-corrected chi connectivity index (χ4v) is 3.21. The SMILES string of the molecule is CCCS(=O)(=O)[C@H](C)C(=O)NCCCOc1ccc(C)cc1. The van der Waals surface area contributed by atoms with Crippen molar-refractivity contribution in [3.8, 4) is 5.75 Å². The number of hydrogen-bond acceptors (Lipinski definition) is 4. The molecular weight excluding hydrogens is 302 g/mol. The lowest BCUT2D eigenvalue weighted by atomic mass is 10.2. The van der Waals surface area contributed by atoms with Crippen molar-refractivity contribution < 1.29 is 17.9 Å². The molecule has 0 unspecified atom stereocenters. The molecule has 6 heteroatoms. The maximum atomic E-state index is 11.8. The van der Waals surface area contributed by atoms with Crippen molar-refractivity contribution in [2.24, 2.45) is 0 Å². The molecule has 0 aliphatic carbocycles. The smallest absolute Gasteiger partial charge is 0.238 e. The standard InChI is InChI=1S/C16H25NO4S/c1-4-12-22(19,20)14(3)16(18)17-10-5-11-21-15-8-6-13(2)7-9-15/h6-9,14H,4-5,10-12H2,1-3H3,(H,17,18)/t14-/m1/s1. The highest BCUT2D eigenvalue weighted by Crippen LogP contribution is 2.11. The zero-order chi connectivity index (χ0) is 16.6. The van der Waals surface area contributed by atoms with E-state index in [1.54, 1.807) is 6.92 Å². The summed E-state index contributed by atoms with van der Waals surface area (Å²) in [6.07, 6.45) is 1.14. The van der Waals surface area contributed by atoms with E-state index in [0.29, 0.717) is 26.0 Å². The third-order valence-corrected chi connectivity index (χ3v) is 5.58. The number of carbonyl (C=O) groups is 1. The minimum absolute atomic E-state index is 0.0398. The second kappa shape index (κ2) is 8.78. The topological polar surface area (TPSA) is 72.5 Å². The minimum atomic E-state index is -3.34. The van der Waals surface area contributed by atoms with Crippen molar-refractivity contribution in [1.29, 1.82) is 0 Å². The van der Waals surface area contributed by atoms with Crippen LogP contribution in [0.2, 0.25) is 0 Å². The quantitative estimate of drug-likeness (QED) is 0.705. The molecule has 1 amide bonds. The van der Waals surface area contributed by atoms with E-state index in [2.05, 4.69) is 5.32 Å². The van der Waals surface area contributed by atoms with Gasteiger partial charge in [-0.25, -0.2) is 8.42 Å². The lowest BCUT2D eigenvalue weighted by Gasteiger charge is -2.13. The van der Waals surface area contributed by atoms with Crippen LogP contribution < -0.4 is 10.1 Å². The van der Waals surface area contributed by atoms with Crippen LogP contribution in [0, 0.1) is 6.92 Å².